The molecule has 0 amide bonds. The second kappa shape index (κ2) is 6.74. The van der Waals surface area contributed by atoms with E-state index in [2.05, 4.69) is 15.5 Å². The smallest absolute Gasteiger partial charge is 0.155 e. The SMILES string of the molecule is COCC(CCO)Nc1nnc(Cl)c(C)c1C. The summed E-state index contributed by atoms with van der Waals surface area (Å²) in [5.74, 6) is 0.683. The molecule has 0 saturated carbocycles. The molecule has 0 spiro atoms. The summed E-state index contributed by atoms with van der Waals surface area (Å²) >= 11 is 5.88. The van der Waals surface area contributed by atoms with Crippen molar-refractivity contribution in [1.29, 1.82) is 0 Å². The predicted octanol–water partition coefficient (Wildman–Crippen LogP) is 1.56. The van der Waals surface area contributed by atoms with Gasteiger partial charge in [-0.05, 0) is 31.4 Å². The lowest BCUT2D eigenvalue weighted by Crippen LogP contribution is -2.27. The molecule has 0 aromatic carbocycles. The molecule has 0 aliphatic heterocycles. The Hall–Kier alpha value is -0.910. The highest BCUT2D eigenvalue weighted by atomic mass is 35.5. The first-order valence-corrected chi connectivity index (χ1v) is 5.83. The molecule has 5 nitrogen and oxygen atoms in total. The number of nitrogens with zero attached hydrogens (tertiary/aromatic N) is 2. The van der Waals surface area contributed by atoms with Gasteiger partial charge in [0.2, 0.25) is 0 Å². The maximum absolute atomic E-state index is 8.96. The third kappa shape index (κ3) is 3.80. The molecule has 0 bridgehead atoms. The summed E-state index contributed by atoms with van der Waals surface area (Å²) < 4.78 is 5.07. The van der Waals surface area contributed by atoms with Gasteiger partial charge in [-0.1, -0.05) is 11.6 Å². The number of hydrogen-bond acceptors (Lipinski definition) is 5. The first-order valence-electron chi connectivity index (χ1n) is 5.45. The normalized spacial score (nSPS) is 12.5. The van der Waals surface area contributed by atoms with Gasteiger partial charge in [0.25, 0.3) is 0 Å². The van der Waals surface area contributed by atoms with Gasteiger partial charge in [0.15, 0.2) is 11.0 Å². The fourth-order valence-corrected chi connectivity index (χ4v) is 1.64. The topological polar surface area (TPSA) is 67.3 Å². The lowest BCUT2D eigenvalue weighted by molar-refractivity contribution is 0.170. The molecular formula is C11H18ClN3O2. The second-order valence-electron chi connectivity index (χ2n) is 3.90. The maximum atomic E-state index is 8.96. The molecule has 1 unspecified atom stereocenters. The molecule has 1 heterocycles. The van der Waals surface area contributed by atoms with Gasteiger partial charge in [-0.2, -0.15) is 0 Å². The van der Waals surface area contributed by atoms with E-state index in [1.165, 1.54) is 0 Å². The van der Waals surface area contributed by atoms with E-state index in [0.29, 0.717) is 24.0 Å². The Balaban J connectivity index is 2.82. The van der Waals surface area contributed by atoms with Crippen molar-refractivity contribution in [2.24, 2.45) is 0 Å². The zero-order chi connectivity index (χ0) is 12.8. The third-order valence-corrected chi connectivity index (χ3v) is 3.01. The average Bonchev–Trinajstić information content (AvgIpc) is 2.30. The van der Waals surface area contributed by atoms with Gasteiger partial charge < -0.3 is 15.2 Å². The molecular weight excluding hydrogens is 242 g/mol. The highest BCUT2D eigenvalue weighted by Crippen LogP contribution is 2.21. The van der Waals surface area contributed by atoms with Gasteiger partial charge in [0.05, 0.1) is 12.6 Å². The van der Waals surface area contributed by atoms with Crippen LogP contribution in [0.3, 0.4) is 0 Å². The number of aliphatic hydroxyl groups excluding tert-OH is 1. The Bertz CT molecular complexity index is 368. The Kier molecular flexibility index (Phi) is 5.61. The number of ether oxygens (including phenoxy) is 1. The number of hydrogen-bond donors (Lipinski definition) is 2. The zero-order valence-electron chi connectivity index (χ0n) is 10.3. The summed E-state index contributed by atoms with van der Waals surface area (Å²) in [5.41, 5.74) is 1.87. The molecule has 0 fully saturated rings. The van der Waals surface area contributed by atoms with Crippen molar-refractivity contribution in [3.05, 3.63) is 16.3 Å². The molecule has 2 N–H and O–H groups in total. The van der Waals surface area contributed by atoms with Gasteiger partial charge in [-0.3, -0.25) is 0 Å². The zero-order valence-corrected chi connectivity index (χ0v) is 11.1. The summed E-state index contributed by atoms with van der Waals surface area (Å²) in [6.45, 7) is 4.43. The van der Waals surface area contributed by atoms with Crippen LogP contribution in [0.25, 0.3) is 0 Å². The molecule has 0 aliphatic carbocycles. The predicted molar refractivity (Wildman–Crippen MR) is 67.5 cm³/mol. The van der Waals surface area contributed by atoms with Gasteiger partial charge in [0, 0.05) is 13.7 Å². The number of anilines is 1. The van der Waals surface area contributed by atoms with Crippen LogP contribution in [0.5, 0.6) is 0 Å². The fraction of sp³-hybridized carbons (Fsp3) is 0.636. The van der Waals surface area contributed by atoms with Crippen molar-refractivity contribution in [2.45, 2.75) is 26.3 Å². The van der Waals surface area contributed by atoms with Gasteiger partial charge in [-0.15, -0.1) is 10.2 Å². The maximum Gasteiger partial charge on any atom is 0.155 e. The Labute approximate surface area is 106 Å². The molecule has 17 heavy (non-hydrogen) atoms. The lowest BCUT2D eigenvalue weighted by atomic mass is 10.1. The summed E-state index contributed by atoms with van der Waals surface area (Å²) in [4.78, 5) is 0. The van der Waals surface area contributed by atoms with E-state index in [9.17, 15) is 0 Å². The van der Waals surface area contributed by atoms with Crippen LogP contribution in [0.15, 0.2) is 0 Å². The van der Waals surface area contributed by atoms with Crippen LogP contribution < -0.4 is 5.32 Å². The van der Waals surface area contributed by atoms with Crippen LogP contribution in [0.1, 0.15) is 17.5 Å². The molecule has 1 aromatic rings. The highest BCUT2D eigenvalue weighted by Gasteiger charge is 2.13. The van der Waals surface area contributed by atoms with Crippen molar-refractivity contribution in [3.8, 4) is 0 Å². The van der Waals surface area contributed by atoms with Gasteiger partial charge in [0.1, 0.15) is 0 Å². The van der Waals surface area contributed by atoms with Crippen LogP contribution in [0, 0.1) is 13.8 Å². The summed E-state index contributed by atoms with van der Waals surface area (Å²) in [7, 11) is 1.62. The van der Waals surface area contributed by atoms with E-state index in [1.807, 2.05) is 13.8 Å². The Morgan fingerprint density at radius 2 is 2.06 bits per heavy atom. The Morgan fingerprint density at radius 1 is 1.35 bits per heavy atom. The summed E-state index contributed by atoms with van der Waals surface area (Å²) in [6.07, 6.45) is 0.594. The largest absolute Gasteiger partial charge is 0.396 e. The second-order valence-corrected chi connectivity index (χ2v) is 4.26. The average molecular weight is 260 g/mol. The van der Waals surface area contributed by atoms with E-state index in [4.69, 9.17) is 21.4 Å². The minimum Gasteiger partial charge on any atom is -0.396 e. The quantitative estimate of drug-likeness (QED) is 0.812. The van der Waals surface area contributed by atoms with Crippen molar-refractivity contribution in [3.63, 3.8) is 0 Å². The molecule has 96 valence electrons. The number of methoxy groups -OCH3 is 1. The summed E-state index contributed by atoms with van der Waals surface area (Å²) in [5, 5.41) is 20.4. The standard InChI is InChI=1S/C11H18ClN3O2/c1-7-8(2)11(15-14-10(7)12)13-9(4-5-16)6-17-3/h9,16H,4-6H2,1-3H3,(H,13,15). The molecule has 1 aromatic heterocycles. The minimum absolute atomic E-state index is 0.0126. The minimum atomic E-state index is 0.0126. The third-order valence-electron chi connectivity index (χ3n) is 2.65. The van der Waals surface area contributed by atoms with Crippen LogP contribution in [0.2, 0.25) is 5.15 Å². The first-order chi connectivity index (χ1) is 8.10. The van der Waals surface area contributed by atoms with Gasteiger partial charge >= 0.3 is 0 Å². The fourth-order valence-electron chi connectivity index (χ4n) is 1.46. The van der Waals surface area contributed by atoms with Crippen LogP contribution >= 0.6 is 11.6 Å². The number of aromatic nitrogens is 2. The molecule has 6 heteroatoms. The molecule has 1 atom stereocenters. The first kappa shape index (κ1) is 14.2. The van der Waals surface area contributed by atoms with Crippen molar-refractivity contribution < 1.29 is 9.84 Å². The van der Waals surface area contributed by atoms with Crippen LogP contribution in [0.4, 0.5) is 5.82 Å². The summed E-state index contributed by atoms with van der Waals surface area (Å²) in [6, 6.07) is 0.0126. The van der Waals surface area contributed by atoms with E-state index in [1.54, 1.807) is 7.11 Å². The molecule has 0 aliphatic rings. The van der Waals surface area contributed by atoms with Gasteiger partial charge in [-0.25, -0.2) is 0 Å². The number of halogens is 1. The van der Waals surface area contributed by atoms with Crippen molar-refractivity contribution in [1.82, 2.24) is 10.2 Å². The van der Waals surface area contributed by atoms with E-state index >= 15 is 0 Å². The number of nitrogens with one attached hydrogen (secondary N) is 1. The lowest BCUT2D eigenvalue weighted by Gasteiger charge is -2.19. The molecule has 1 rings (SSSR count). The van der Waals surface area contributed by atoms with Crippen molar-refractivity contribution in [2.75, 3.05) is 25.6 Å². The monoisotopic (exact) mass is 259 g/mol. The molecule has 0 radical (unpaired) electrons. The number of aliphatic hydroxyl groups is 1. The van der Waals surface area contributed by atoms with E-state index in [-0.39, 0.29) is 12.6 Å². The van der Waals surface area contributed by atoms with E-state index < -0.39 is 0 Å². The number of rotatable bonds is 6. The highest BCUT2D eigenvalue weighted by molar-refractivity contribution is 6.30. The van der Waals surface area contributed by atoms with E-state index in [0.717, 1.165) is 11.1 Å². The Morgan fingerprint density at radius 3 is 2.65 bits per heavy atom. The van der Waals surface area contributed by atoms with Crippen LogP contribution in [-0.4, -0.2) is 41.7 Å². The van der Waals surface area contributed by atoms with Crippen molar-refractivity contribution >= 4 is 17.4 Å². The van der Waals surface area contributed by atoms with Crippen LogP contribution in [-0.2, 0) is 4.74 Å². The molecule has 0 saturated heterocycles.